The van der Waals surface area contributed by atoms with Gasteiger partial charge in [0.05, 0.1) is 15.8 Å². The zero-order valence-corrected chi connectivity index (χ0v) is 18.2. The van der Waals surface area contributed by atoms with Crippen molar-refractivity contribution in [2.24, 2.45) is 5.92 Å². The number of benzene rings is 1. The van der Waals surface area contributed by atoms with Gasteiger partial charge in [-0.05, 0) is 56.0 Å². The Morgan fingerprint density at radius 1 is 1.40 bits per heavy atom. The molecule has 0 spiro atoms. The number of ether oxygens (including phenoxy) is 1. The van der Waals surface area contributed by atoms with Crippen LogP contribution in [0.3, 0.4) is 0 Å². The molecule has 0 saturated heterocycles. The number of sulfonamides is 1. The largest absolute Gasteiger partial charge is 0.454 e. The molecular weight excluding hydrogens is 426 g/mol. The van der Waals surface area contributed by atoms with Gasteiger partial charge in [0, 0.05) is 4.88 Å². The number of H-pyrrole nitrogens is 1. The van der Waals surface area contributed by atoms with E-state index in [9.17, 15) is 18.0 Å². The Labute approximate surface area is 177 Å². The number of hydrogen-bond acceptors (Lipinski definition) is 7. The minimum atomic E-state index is -3.67. The van der Waals surface area contributed by atoms with Crippen molar-refractivity contribution in [2.45, 2.75) is 37.7 Å². The van der Waals surface area contributed by atoms with Crippen LogP contribution in [0.1, 0.15) is 40.0 Å². The third kappa shape index (κ3) is 3.90. The van der Waals surface area contributed by atoms with Crippen LogP contribution in [0.2, 0.25) is 0 Å². The summed E-state index contributed by atoms with van der Waals surface area (Å²) in [5.41, 5.74) is 0.962. The van der Waals surface area contributed by atoms with Crippen molar-refractivity contribution in [3.8, 4) is 0 Å². The number of aromatic nitrogens is 2. The summed E-state index contributed by atoms with van der Waals surface area (Å²) < 4.78 is 31.3. The highest BCUT2D eigenvalue weighted by Gasteiger charge is 2.23. The standard InChI is InChI=1S/C20H21N3O5S2/c1-11-6-7-14-15(8-11)29-19-17(14)18(24)22-16(23-19)10-28-20(25)12-4-3-5-13(9-12)30(26,27)21-2/h3-5,9,11,21H,6-8,10H2,1-2H3,(H,22,23,24)/t11-/m1/s1. The number of carbonyl (C=O) groups is 1. The summed E-state index contributed by atoms with van der Waals surface area (Å²) in [5, 5.41) is 0.641. The van der Waals surface area contributed by atoms with Crippen LogP contribution in [0.15, 0.2) is 34.0 Å². The molecule has 2 aromatic heterocycles. The fraction of sp³-hybridized carbons (Fsp3) is 0.350. The van der Waals surface area contributed by atoms with Gasteiger partial charge in [-0.15, -0.1) is 11.3 Å². The molecule has 0 fully saturated rings. The molecule has 2 heterocycles. The first kappa shape index (κ1) is 20.7. The zero-order valence-electron chi connectivity index (χ0n) is 16.5. The Morgan fingerprint density at radius 2 is 2.20 bits per heavy atom. The Balaban J connectivity index is 1.55. The smallest absolute Gasteiger partial charge is 0.338 e. The molecule has 8 nitrogen and oxygen atoms in total. The van der Waals surface area contributed by atoms with Gasteiger partial charge in [0.25, 0.3) is 5.56 Å². The molecule has 0 radical (unpaired) electrons. The van der Waals surface area contributed by atoms with Crippen molar-refractivity contribution in [2.75, 3.05) is 7.05 Å². The number of aryl methyl sites for hydroxylation is 1. The highest BCUT2D eigenvalue weighted by atomic mass is 32.2. The lowest BCUT2D eigenvalue weighted by Gasteiger charge is -2.17. The summed E-state index contributed by atoms with van der Waals surface area (Å²) in [6.07, 6.45) is 2.88. The summed E-state index contributed by atoms with van der Waals surface area (Å²) in [4.78, 5) is 34.0. The SMILES string of the molecule is CNS(=O)(=O)c1cccc(C(=O)OCc2nc3sc4c(c3c(=O)[nH]2)CC[C@@H](C)C4)c1. The number of carbonyl (C=O) groups excluding carboxylic acids is 1. The quantitative estimate of drug-likeness (QED) is 0.580. The van der Waals surface area contributed by atoms with Gasteiger partial charge in [0.2, 0.25) is 10.0 Å². The van der Waals surface area contributed by atoms with Crippen LogP contribution in [-0.2, 0) is 34.2 Å². The van der Waals surface area contributed by atoms with Gasteiger partial charge in [-0.1, -0.05) is 13.0 Å². The molecule has 0 unspecified atom stereocenters. The Hall–Kier alpha value is -2.56. The first-order chi connectivity index (χ1) is 14.3. The van der Waals surface area contributed by atoms with Crippen molar-refractivity contribution in [1.29, 1.82) is 0 Å². The fourth-order valence-corrected chi connectivity index (χ4v) is 5.76. The molecule has 3 aromatic rings. The number of fused-ring (bicyclic) bond motifs is 3. The average Bonchev–Trinajstić information content (AvgIpc) is 3.09. The lowest BCUT2D eigenvalue weighted by atomic mass is 9.89. The lowest BCUT2D eigenvalue weighted by Crippen LogP contribution is -2.19. The molecule has 4 rings (SSSR count). The van der Waals surface area contributed by atoms with Crippen molar-refractivity contribution in [3.05, 3.63) is 56.4 Å². The van der Waals surface area contributed by atoms with Gasteiger partial charge in [0.1, 0.15) is 17.3 Å². The Kier molecular flexibility index (Phi) is 5.48. The normalized spacial score (nSPS) is 16.4. The Bertz CT molecular complexity index is 1290. The molecule has 1 aliphatic carbocycles. The van der Waals surface area contributed by atoms with E-state index in [-0.39, 0.29) is 28.4 Å². The van der Waals surface area contributed by atoms with E-state index in [4.69, 9.17) is 4.74 Å². The summed E-state index contributed by atoms with van der Waals surface area (Å²) in [6, 6.07) is 5.55. The monoisotopic (exact) mass is 447 g/mol. The molecular formula is C20H21N3O5S2. The van der Waals surface area contributed by atoms with Crippen LogP contribution in [-0.4, -0.2) is 31.4 Å². The van der Waals surface area contributed by atoms with Crippen LogP contribution in [0.25, 0.3) is 10.2 Å². The molecule has 2 N–H and O–H groups in total. The van der Waals surface area contributed by atoms with Crippen molar-refractivity contribution in [3.63, 3.8) is 0 Å². The number of esters is 1. The first-order valence-corrected chi connectivity index (χ1v) is 11.8. The molecule has 1 aliphatic rings. The van der Waals surface area contributed by atoms with Gasteiger partial charge in [-0.3, -0.25) is 4.79 Å². The second kappa shape index (κ2) is 7.93. The van der Waals surface area contributed by atoms with E-state index in [1.807, 2.05) is 0 Å². The third-order valence-corrected chi connectivity index (χ3v) is 7.76. The summed E-state index contributed by atoms with van der Waals surface area (Å²) in [6.45, 7) is 1.98. The number of aromatic amines is 1. The summed E-state index contributed by atoms with van der Waals surface area (Å²) in [5.74, 6) is 0.143. The predicted molar refractivity (Wildman–Crippen MR) is 113 cm³/mol. The maximum Gasteiger partial charge on any atom is 0.338 e. The molecule has 0 bridgehead atoms. The predicted octanol–water partition coefficient (Wildman–Crippen LogP) is 2.37. The van der Waals surface area contributed by atoms with Crippen LogP contribution in [0.4, 0.5) is 0 Å². The summed E-state index contributed by atoms with van der Waals surface area (Å²) in [7, 11) is -2.38. The van der Waals surface area contributed by atoms with Crippen molar-refractivity contribution in [1.82, 2.24) is 14.7 Å². The highest BCUT2D eigenvalue weighted by Crippen LogP contribution is 2.35. The number of hydrogen-bond donors (Lipinski definition) is 2. The second-order valence-electron chi connectivity index (χ2n) is 7.36. The van der Waals surface area contributed by atoms with Gasteiger partial charge < -0.3 is 9.72 Å². The Morgan fingerprint density at radius 3 is 2.97 bits per heavy atom. The molecule has 0 amide bonds. The van der Waals surface area contributed by atoms with E-state index < -0.39 is 16.0 Å². The van der Waals surface area contributed by atoms with E-state index in [2.05, 4.69) is 21.6 Å². The number of nitrogens with one attached hydrogen (secondary N) is 2. The molecule has 0 saturated carbocycles. The molecule has 1 atom stereocenters. The van der Waals surface area contributed by atoms with E-state index in [0.29, 0.717) is 16.1 Å². The summed E-state index contributed by atoms with van der Waals surface area (Å²) >= 11 is 1.52. The third-order valence-electron chi connectivity index (χ3n) is 5.20. The maximum absolute atomic E-state index is 12.6. The minimum absolute atomic E-state index is 0.0363. The fourth-order valence-electron chi connectivity index (χ4n) is 3.59. The van der Waals surface area contributed by atoms with Crippen LogP contribution in [0.5, 0.6) is 0 Å². The molecule has 30 heavy (non-hydrogen) atoms. The van der Waals surface area contributed by atoms with Gasteiger partial charge in [-0.2, -0.15) is 0 Å². The molecule has 0 aliphatic heterocycles. The van der Waals surface area contributed by atoms with Crippen LogP contribution >= 0.6 is 11.3 Å². The van der Waals surface area contributed by atoms with Crippen LogP contribution < -0.4 is 10.3 Å². The molecule has 1 aromatic carbocycles. The lowest BCUT2D eigenvalue weighted by molar-refractivity contribution is 0.0462. The van der Waals surface area contributed by atoms with E-state index in [1.165, 1.54) is 47.5 Å². The van der Waals surface area contributed by atoms with Crippen molar-refractivity contribution >= 4 is 37.5 Å². The topological polar surface area (TPSA) is 118 Å². The van der Waals surface area contributed by atoms with E-state index >= 15 is 0 Å². The zero-order chi connectivity index (χ0) is 21.5. The highest BCUT2D eigenvalue weighted by molar-refractivity contribution is 7.89. The van der Waals surface area contributed by atoms with E-state index in [1.54, 1.807) is 0 Å². The maximum atomic E-state index is 12.6. The average molecular weight is 448 g/mol. The van der Waals surface area contributed by atoms with Crippen molar-refractivity contribution < 1.29 is 17.9 Å². The van der Waals surface area contributed by atoms with Gasteiger partial charge in [-0.25, -0.2) is 22.9 Å². The second-order valence-corrected chi connectivity index (χ2v) is 10.3. The first-order valence-electron chi connectivity index (χ1n) is 9.52. The molecule has 158 valence electrons. The number of thiophene rings is 1. The minimum Gasteiger partial charge on any atom is -0.454 e. The molecule has 10 heteroatoms. The van der Waals surface area contributed by atoms with Gasteiger partial charge in [0.15, 0.2) is 0 Å². The number of nitrogens with zero attached hydrogens (tertiary/aromatic N) is 1. The van der Waals surface area contributed by atoms with Crippen LogP contribution in [0, 0.1) is 5.92 Å². The number of rotatable bonds is 5. The van der Waals surface area contributed by atoms with E-state index in [0.717, 1.165) is 24.8 Å². The van der Waals surface area contributed by atoms with Gasteiger partial charge >= 0.3 is 5.97 Å².